The zero-order valence-electron chi connectivity index (χ0n) is 13.5. The molecule has 0 N–H and O–H groups in total. The first-order valence-electron chi connectivity index (χ1n) is 8.23. The zero-order chi connectivity index (χ0) is 15.9. The molecule has 0 aliphatic heterocycles. The second-order valence-corrected chi connectivity index (χ2v) is 6.39. The lowest BCUT2D eigenvalue weighted by Gasteiger charge is -2.24. The average Bonchev–Trinajstić information content (AvgIpc) is 2.52. The van der Waals surface area contributed by atoms with Gasteiger partial charge in [0.15, 0.2) is 0 Å². The third-order valence-electron chi connectivity index (χ3n) is 4.68. The third-order valence-corrected chi connectivity index (χ3v) is 4.68. The number of ether oxygens (including phenoxy) is 2. The SMILES string of the molecule is C[C@@H]1CC=CC[C@H]1C(=O)OCCOC(=O)[C@@H]1CC=CC[C@@H]1C. The molecule has 22 heavy (non-hydrogen) atoms. The van der Waals surface area contributed by atoms with E-state index >= 15 is 0 Å². The number of carbonyl (C=O) groups is 2. The molecule has 0 aromatic rings. The van der Waals surface area contributed by atoms with Crippen molar-refractivity contribution in [3.63, 3.8) is 0 Å². The summed E-state index contributed by atoms with van der Waals surface area (Å²) in [5.41, 5.74) is 0. The molecule has 2 rings (SSSR count). The van der Waals surface area contributed by atoms with Crippen molar-refractivity contribution in [2.45, 2.75) is 39.5 Å². The first kappa shape index (κ1) is 16.8. The Bertz CT molecular complexity index is 410. The quantitative estimate of drug-likeness (QED) is 0.444. The maximum absolute atomic E-state index is 12.0. The maximum atomic E-state index is 12.0. The Labute approximate surface area is 132 Å². The van der Waals surface area contributed by atoms with Gasteiger partial charge in [0.1, 0.15) is 13.2 Å². The molecule has 0 radical (unpaired) electrons. The van der Waals surface area contributed by atoms with Crippen molar-refractivity contribution in [3.8, 4) is 0 Å². The van der Waals surface area contributed by atoms with E-state index in [0.29, 0.717) is 11.8 Å². The van der Waals surface area contributed by atoms with Crippen LogP contribution in [0.5, 0.6) is 0 Å². The van der Waals surface area contributed by atoms with Crippen LogP contribution in [0.2, 0.25) is 0 Å². The standard InChI is InChI=1S/C18H26O4/c1-13-7-3-5-9-15(13)17(19)21-11-12-22-18(20)16-10-6-4-8-14(16)2/h3-6,13-16H,7-12H2,1-2H3/t13-,14+,15-,16-/m1/s1. The Hall–Kier alpha value is -1.58. The average molecular weight is 306 g/mol. The van der Waals surface area contributed by atoms with Crippen LogP contribution in [-0.4, -0.2) is 25.2 Å². The van der Waals surface area contributed by atoms with E-state index < -0.39 is 0 Å². The lowest BCUT2D eigenvalue weighted by molar-refractivity contribution is -0.159. The van der Waals surface area contributed by atoms with Gasteiger partial charge in [-0.1, -0.05) is 38.2 Å². The molecule has 2 aliphatic rings. The predicted octanol–water partition coefficient (Wildman–Crippen LogP) is 3.28. The van der Waals surface area contributed by atoms with Crippen LogP contribution >= 0.6 is 0 Å². The van der Waals surface area contributed by atoms with Gasteiger partial charge in [-0.2, -0.15) is 0 Å². The van der Waals surface area contributed by atoms with Crippen LogP contribution in [0.1, 0.15) is 39.5 Å². The zero-order valence-corrected chi connectivity index (χ0v) is 13.5. The molecule has 0 heterocycles. The van der Waals surface area contributed by atoms with Crippen LogP contribution in [0.4, 0.5) is 0 Å². The second-order valence-electron chi connectivity index (χ2n) is 6.39. The Morgan fingerprint density at radius 2 is 1.14 bits per heavy atom. The van der Waals surface area contributed by atoms with E-state index in [4.69, 9.17) is 9.47 Å². The molecule has 0 aromatic heterocycles. The van der Waals surface area contributed by atoms with Crippen LogP contribution in [0.3, 0.4) is 0 Å². The number of allylic oxidation sites excluding steroid dienone is 4. The number of hydrogen-bond donors (Lipinski definition) is 0. The van der Waals surface area contributed by atoms with E-state index in [-0.39, 0.29) is 37.0 Å². The fourth-order valence-electron chi connectivity index (χ4n) is 3.06. The van der Waals surface area contributed by atoms with Gasteiger partial charge in [-0.25, -0.2) is 0 Å². The highest BCUT2D eigenvalue weighted by atomic mass is 16.6. The van der Waals surface area contributed by atoms with Gasteiger partial charge in [0.05, 0.1) is 11.8 Å². The van der Waals surface area contributed by atoms with Crippen LogP contribution < -0.4 is 0 Å². The molecule has 0 aromatic carbocycles. The summed E-state index contributed by atoms with van der Waals surface area (Å²) in [5.74, 6) is 0.141. The van der Waals surface area contributed by atoms with Crippen molar-refractivity contribution in [2.24, 2.45) is 23.7 Å². The molecule has 2 aliphatic carbocycles. The molecule has 0 saturated carbocycles. The van der Waals surface area contributed by atoms with E-state index in [1.54, 1.807) is 0 Å². The van der Waals surface area contributed by atoms with Crippen molar-refractivity contribution in [1.82, 2.24) is 0 Å². The van der Waals surface area contributed by atoms with E-state index in [1.165, 1.54) is 0 Å². The van der Waals surface area contributed by atoms with Crippen molar-refractivity contribution in [1.29, 1.82) is 0 Å². The minimum absolute atomic E-state index is 0.0656. The largest absolute Gasteiger partial charge is 0.462 e. The molecule has 0 unspecified atom stereocenters. The van der Waals surface area contributed by atoms with Crippen LogP contribution in [0.15, 0.2) is 24.3 Å². The number of hydrogen-bond acceptors (Lipinski definition) is 4. The maximum Gasteiger partial charge on any atom is 0.309 e. The van der Waals surface area contributed by atoms with Gasteiger partial charge in [-0.05, 0) is 37.5 Å². The summed E-state index contributed by atoms with van der Waals surface area (Å²) in [4.78, 5) is 24.0. The summed E-state index contributed by atoms with van der Waals surface area (Å²) < 4.78 is 10.5. The third kappa shape index (κ3) is 4.46. The van der Waals surface area contributed by atoms with Gasteiger partial charge < -0.3 is 9.47 Å². The fraction of sp³-hybridized carbons (Fsp3) is 0.667. The number of carbonyl (C=O) groups excluding carboxylic acids is 2. The molecule has 0 saturated heterocycles. The number of esters is 2. The van der Waals surface area contributed by atoms with Gasteiger partial charge in [-0.15, -0.1) is 0 Å². The van der Waals surface area contributed by atoms with E-state index in [0.717, 1.165) is 25.7 Å². The summed E-state index contributed by atoms with van der Waals surface area (Å²) in [6, 6.07) is 0. The molecule has 0 amide bonds. The van der Waals surface area contributed by atoms with E-state index in [1.807, 2.05) is 12.2 Å². The van der Waals surface area contributed by atoms with E-state index in [9.17, 15) is 9.59 Å². The van der Waals surface area contributed by atoms with Gasteiger partial charge >= 0.3 is 11.9 Å². The van der Waals surface area contributed by atoms with Crippen molar-refractivity contribution in [2.75, 3.05) is 13.2 Å². The Kier molecular flexibility index (Phi) is 6.22. The summed E-state index contributed by atoms with van der Waals surface area (Å²) in [7, 11) is 0. The topological polar surface area (TPSA) is 52.6 Å². The van der Waals surface area contributed by atoms with E-state index in [2.05, 4.69) is 26.0 Å². The van der Waals surface area contributed by atoms with Gasteiger partial charge in [0.2, 0.25) is 0 Å². The summed E-state index contributed by atoms with van der Waals surface area (Å²) >= 11 is 0. The minimum atomic E-state index is -0.179. The van der Waals surface area contributed by atoms with Crippen molar-refractivity contribution < 1.29 is 19.1 Å². The van der Waals surface area contributed by atoms with Gasteiger partial charge in [0, 0.05) is 0 Å². The van der Waals surface area contributed by atoms with Crippen LogP contribution in [0.25, 0.3) is 0 Å². The first-order valence-corrected chi connectivity index (χ1v) is 8.23. The summed E-state index contributed by atoms with van der Waals surface area (Å²) in [6.45, 7) is 4.42. The lowest BCUT2D eigenvalue weighted by atomic mass is 9.84. The second kappa shape index (κ2) is 8.16. The molecular formula is C18H26O4. The molecular weight excluding hydrogens is 280 g/mol. The molecule has 4 nitrogen and oxygen atoms in total. The lowest BCUT2D eigenvalue weighted by Crippen LogP contribution is -2.28. The highest BCUT2D eigenvalue weighted by Gasteiger charge is 2.28. The Morgan fingerprint density at radius 1 is 0.773 bits per heavy atom. The van der Waals surface area contributed by atoms with Crippen LogP contribution in [-0.2, 0) is 19.1 Å². The summed E-state index contributed by atoms with van der Waals surface area (Å²) in [5, 5.41) is 0. The van der Waals surface area contributed by atoms with Crippen molar-refractivity contribution >= 4 is 11.9 Å². The Morgan fingerprint density at radius 3 is 1.50 bits per heavy atom. The normalized spacial score (nSPS) is 30.8. The summed E-state index contributed by atoms with van der Waals surface area (Å²) in [6.07, 6.45) is 11.6. The molecule has 122 valence electrons. The molecule has 0 fully saturated rings. The fourth-order valence-corrected chi connectivity index (χ4v) is 3.06. The molecule has 4 heteroatoms. The predicted molar refractivity (Wildman–Crippen MR) is 84.0 cm³/mol. The molecule has 0 bridgehead atoms. The molecule has 4 atom stereocenters. The van der Waals surface area contributed by atoms with Gasteiger partial charge in [0.25, 0.3) is 0 Å². The number of rotatable bonds is 5. The van der Waals surface area contributed by atoms with Crippen LogP contribution in [0, 0.1) is 23.7 Å². The smallest absolute Gasteiger partial charge is 0.309 e. The molecule has 0 spiro atoms. The highest BCUT2D eigenvalue weighted by molar-refractivity contribution is 5.74. The first-order chi connectivity index (χ1) is 10.6. The monoisotopic (exact) mass is 306 g/mol. The minimum Gasteiger partial charge on any atom is -0.462 e. The Balaban J connectivity index is 1.66. The van der Waals surface area contributed by atoms with Crippen molar-refractivity contribution in [3.05, 3.63) is 24.3 Å². The van der Waals surface area contributed by atoms with Gasteiger partial charge in [-0.3, -0.25) is 9.59 Å². The highest BCUT2D eigenvalue weighted by Crippen LogP contribution is 2.27.